The van der Waals surface area contributed by atoms with Gasteiger partial charge in [-0.2, -0.15) is 13.2 Å². The highest BCUT2D eigenvalue weighted by atomic mass is 33.1. The van der Waals surface area contributed by atoms with Crippen LogP contribution in [0, 0.1) is 0 Å². The Labute approximate surface area is 193 Å². The molecular formula is C24H25F3N2OS2. The van der Waals surface area contributed by atoms with E-state index in [2.05, 4.69) is 5.32 Å². The van der Waals surface area contributed by atoms with Crippen molar-refractivity contribution in [1.82, 2.24) is 5.32 Å². The second kappa shape index (κ2) is 11.6. The lowest BCUT2D eigenvalue weighted by Crippen LogP contribution is -2.24. The third-order valence-electron chi connectivity index (χ3n) is 4.87. The summed E-state index contributed by atoms with van der Waals surface area (Å²) < 4.78 is 38.5. The summed E-state index contributed by atoms with van der Waals surface area (Å²) in [5.74, 6) is 1.87. The summed E-state index contributed by atoms with van der Waals surface area (Å²) in [6.07, 6.45) is -2.46. The molecule has 0 heterocycles. The molecular weight excluding hydrogens is 453 g/mol. The second-order valence-corrected chi connectivity index (χ2v) is 9.91. The number of amides is 1. The van der Waals surface area contributed by atoms with E-state index < -0.39 is 11.7 Å². The molecule has 32 heavy (non-hydrogen) atoms. The van der Waals surface area contributed by atoms with Crippen molar-refractivity contribution in [2.24, 2.45) is 5.73 Å². The van der Waals surface area contributed by atoms with Crippen molar-refractivity contribution in [3.63, 3.8) is 0 Å². The first-order chi connectivity index (χ1) is 15.4. The zero-order chi connectivity index (χ0) is 23.0. The monoisotopic (exact) mass is 478 g/mol. The van der Waals surface area contributed by atoms with Crippen LogP contribution in [0.5, 0.6) is 0 Å². The first-order valence-corrected chi connectivity index (χ1v) is 12.8. The van der Waals surface area contributed by atoms with Crippen molar-refractivity contribution in [3.8, 4) is 11.1 Å². The van der Waals surface area contributed by atoms with E-state index in [1.54, 1.807) is 27.7 Å². The minimum absolute atomic E-state index is 0.132. The van der Waals surface area contributed by atoms with E-state index in [4.69, 9.17) is 5.73 Å². The summed E-state index contributed by atoms with van der Waals surface area (Å²) in [4.78, 5) is 12.5. The smallest absolute Gasteiger partial charge is 0.352 e. The van der Waals surface area contributed by atoms with Crippen LogP contribution in [-0.2, 0) is 6.18 Å². The molecule has 0 aliphatic heterocycles. The number of halogens is 3. The Bertz CT molecular complexity index is 1040. The van der Waals surface area contributed by atoms with Crippen LogP contribution in [0.25, 0.3) is 21.9 Å². The standard InChI is InChI=1S/C24H25F3N2OS2/c25-24(26,27)20-9-6-17(7-10-20)21-5-1-4-18-16-19(8-11-22(18)21)23(30)29-13-3-15-32-31-14-2-12-28/h1,4-11,16H,2-3,12-15,28H2,(H,29,30). The van der Waals surface area contributed by atoms with Gasteiger partial charge in [0.15, 0.2) is 0 Å². The molecule has 170 valence electrons. The molecule has 0 saturated carbocycles. The van der Waals surface area contributed by atoms with Gasteiger partial charge in [-0.05, 0) is 65.6 Å². The van der Waals surface area contributed by atoms with Crippen LogP contribution in [0.2, 0.25) is 0 Å². The van der Waals surface area contributed by atoms with Crippen LogP contribution < -0.4 is 11.1 Å². The number of nitrogens with two attached hydrogens (primary N) is 1. The molecule has 1 amide bonds. The third-order valence-corrected chi connectivity index (χ3v) is 7.45. The fraction of sp³-hybridized carbons (Fsp3) is 0.292. The van der Waals surface area contributed by atoms with Crippen molar-refractivity contribution in [3.05, 3.63) is 71.8 Å². The molecule has 3 aromatic rings. The average molecular weight is 479 g/mol. The number of benzene rings is 3. The van der Waals surface area contributed by atoms with Gasteiger partial charge in [-0.25, -0.2) is 0 Å². The van der Waals surface area contributed by atoms with Crippen molar-refractivity contribution in [2.45, 2.75) is 19.0 Å². The molecule has 3 rings (SSSR count). The number of carbonyl (C=O) groups is 1. The van der Waals surface area contributed by atoms with Crippen LogP contribution in [0.3, 0.4) is 0 Å². The molecule has 0 fully saturated rings. The Hall–Kier alpha value is -2.16. The maximum atomic E-state index is 12.8. The van der Waals surface area contributed by atoms with Gasteiger partial charge in [0.2, 0.25) is 0 Å². The van der Waals surface area contributed by atoms with Gasteiger partial charge in [0.25, 0.3) is 5.91 Å². The van der Waals surface area contributed by atoms with Gasteiger partial charge >= 0.3 is 6.18 Å². The Balaban J connectivity index is 1.64. The van der Waals surface area contributed by atoms with Gasteiger partial charge in [-0.3, -0.25) is 4.79 Å². The molecule has 0 radical (unpaired) electrons. The molecule has 0 atom stereocenters. The molecule has 8 heteroatoms. The largest absolute Gasteiger partial charge is 0.416 e. The summed E-state index contributed by atoms with van der Waals surface area (Å²) >= 11 is 0. The van der Waals surface area contributed by atoms with Gasteiger partial charge in [0.05, 0.1) is 5.56 Å². The minimum Gasteiger partial charge on any atom is -0.352 e. The van der Waals surface area contributed by atoms with E-state index in [1.807, 2.05) is 30.3 Å². The zero-order valence-electron chi connectivity index (χ0n) is 17.5. The molecule has 0 spiro atoms. The number of hydrogen-bond acceptors (Lipinski definition) is 4. The number of nitrogens with one attached hydrogen (secondary N) is 1. The number of carbonyl (C=O) groups excluding carboxylic acids is 1. The summed E-state index contributed by atoms with van der Waals surface area (Å²) in [6.45, 7) is 1.31. The number of fused-ring (bicyclic) bond motifs is 1. The van der Waals surface area contributed by atoms with Gasteiger partial charge in [0, 0.05) is 23.6 Å². The van der Waals surface area contributed by atoms with Crippen molar-refractivity contribution in [1.29, 1.82) is 0 Å². The SMILES string of the molecule is NCCCSSCCCNC(=O)c1ccc2c(-c3ccc(C(F)(F)F)cc3)cccc2c1. The van der Waals surface area contributed by atoms with Crippen LogP contribution in [0.15, 0.2) is 60.7 Å². The molecule has 3 N–H and O–H groups in total. The van der Waals surface area contributed by atoms with Crippen LogP contribution in [0.1, 0.15) is 28.8 Å². The molecule has 0 aliphatic carbocycles. The summed E-state index contributed by atoms with van der Waals surface area (Å²) in [5, 5.41) is 4.69. The Morgan fingerprint density at radius 2 is 1.66 bits per heavy atom. The predicted molar refractivity (Wildman–Crippen MR) is 130 cm³/mol. The first-order valence-electron chi connectivity index (χ1n) is 10.3. The second-order valence-electron chi connectivity index (χ2n) is 7.21. The van der Waals surface area contributed by atoms with Gasteiger partial charge < -0.3 is 11.1 Å². The topological polar surface area (TPSA) is 55.1 Å². The quantitative estimate of drug-likeness (QED) is 0.262. The molecule has 0 unspecified atom stereocenters. The lowest BCUT2D eigenvalue weighted by molar-refractivity contribution is -0.137. The van der Waals surface area contributed by atoms with E-state index in [-0.39, 0.29) is 5.91 Å². The van der Waals surface area contributed by atoms with Crippen molar-refractivity contribution >= 4 is 38.3 Å². The van der Waals surface area contributed by atoms with Gasteiger partial charge in [0.1, 0.15) is 0 Å². The van der Waals surface area contributed by atoms with Crippen molar-refractivity contribution < 1.29 is 18.0 Å². The zero-order valence-corrected chi connectivity index (χ0v) is 19.1. The molecule has 0 aliphatic rings. The Morgan fingerprint density at radius 1 is 0.938 bits per heavy atom. The number of alkyl halides is 3. The molecule has 3 aromatic carbocycles. The summed E-state index contributed by atoms with van der Waals surface area (Å²) in [7, 11) is 3.60. The first kappa shape index (κ1) is 24.5. The highest BCUT2D eigenvalue weighted by Gasteiger charge is 2.30. The van der Waals surface area contributed by atoms with Gasteiger partial charge in [-0.1, -0.05) is 58.0 Å². The maximum absolute atomic E-state index is 12.8. The lowest BCUT2D eigenvalue weighted by Gasteiger charge is -2.11. The summed E-state index contributed by atoms with van der Waals surface area (Å²) in [5.41, 5.74) is 6.88. The average Bonchev–Trinajstić information content (AvgIpc) is 2.79. The number of rotatable bonds is 10. The van der Waals surface area contributed by atoms with Crippen LogP contribution in [-0.4, -0.2) is 30.5 Å². The predicted octanol–water partition coefficient (Wildman–Crippen LogP) is 6.38. The molecule has 0 aromatic heterocycles. The molecule has 3 nitrogen and oxygen atoms in total. The lowest BCUT2D eigenvalue weighted by atomic mass is 9.96. The fourth-order valence-electron chi connectivity index (χ4n) is 3.21. The maximum Gasteiger partial charge on any atom is 0.416 e. The Kier molecular flexibility index (Phi) is 8.90. The van der Waals surface area contributed by atoms with Crippen LogP contribution >= 0.6 is 21.6 Å². The van der Waals surface area contributed by atoms with E-state index in [0.29, 0.717) is 24.2 Å². The van der Waals surface area contributed by atoms with E-state index >= 15 is 0 Å². The minimum atomic E-state index is -4.36. The van der Waals surface area contributed by atoms with E-state index in [0.717, 1.165) is 52.8 Å². The van der Waals surface area contributed by atoms with Crippen molar-refractivity contribution in [2.75, 3.05) is 24.6 Å². The van der Waals surface area contributed by atoms with E-state index in [9.17, 15) is 18.0 Å². The highest BCUT2D eigenvalue weighted by molar-refractivity contribution is 8.76. The molecule has 0 saturated heterocycles. The number of hydrogen-bond donors (Lipinski definition) is 2. The Morgan fingerprint density at radius 3 is 2.34 bits per heavy atom. The van der Waals surface area contributed by atoms with Crippen LogP contribution in [0.4, 0.5) is 13.2 Å². The highest BCUT2D eigenvalue weighted by Crippen LogP contribution is 2.33. The summed E-state index contributed by atoms with van der Waals surface area (Å²) in [6, 6.07) is 16.2. The molecule has 0 bridgehead atoms. The third kappa shape index (κ3) is 6.67. The van der Waals surface area contributed by atoms with Gasteiger partial charge in [-0.15, -0.1) is 0 Å². The van der Waals surface area contributed by atoms with E-state index in [1.165, 1.54) is 12.1 Å². The normalized spacial score (nSPS) is 11.6. The fourth-order valence-corrected chi connectivity index (χ4v) is 5.41.